The van der Waals surface area contributed by atoms with E-state index in [4.69, 9.17) is 4.74 Å². The number of anilines is 1. The van der Waals surface area contributed by atoms with Crippen LogP contribution < -0.4 is 4.90 Å². The molecule has 3 heterocycles. The Morgan fingerprint density at radius 2 is 2.41 bits per heavy atom. The van der Waals surface area contributed by atoms with Crippen molar-refractivity contribution in [3.63, 3.8) is 0 Å². The van der Waals surface area contributed by atoms with E-state index in [0.717, 1.165) is 43.1 Å². The minimum atomic E-state index is 0.289. The summed E-state index contributed by atoms with van der Waals surface area (Å²) in [7, 11) is 0. The molecule has 0 saturated carbocycles. The number of ether oxygens (including phenoxy) is 1. The summed E-state index contributed by atoms with van der Waals surface area (Å²) in [5.41, 5.74) is 1.62. The summed E-state index contributed by atoms with van der Waals surface area (Å²) in [4.78, 5) is 18.0. The third-order valence-electron chi connectivity index (χ3n) is 3.10. The van der Waals surface area contributed by atoms with Gasteiger partial charge in [-0.1, -0.05) is 6.92 Å². The van der Waals surface area contributed by atoms with Gasteiger partial charge in [0.2, 0.25) is 0 Å². The highest BCUT2D eigenvalue weighted by molar-refractivity contribution is 5.82. The first kappa shape index (κ1) is 10.5. The van der Waals surface area contributed by atoms with Gasteiger partial charge in [0.25, 0.3) is 0 Å². The van der Waals surface area contributed by atoms with E-state index >= 15 is 0 Å². The Kier molecular flexibility index (Phi) is 2.64. The van der Waals surface area contributed by atoms with Crippen molar-refractivity contribution in [3.05, 3.63) is 12.7 Å². The lowest BCUT2D eigenvalue weighted by atomic mass is 10.2. The van der Waals surface area contributed by atoms with Crippen LogP contribution in [0.4, 0.5) is 5.82 Å². The van der Waals surface area contributed by atoms with Gasteiger partial charge < -0.3 is 14.6 Å². The van der Waals surface area contributed by atoms with E-state index in [-0.39, 0.29) is 6.10 Å². The van der Waals surface area contributed by atoms with Crippen molar-refractivity contribution in [2.24, 2.45) is 0 Å². The van der Waals surface area contributed by atoms with Crippen molar-refractivity contribution in [3.8, 4) is 0 Å². The van der Waals surface area contributed by atoms with Gasteiger partial charge in [-0.25, -0.2) is 15.0 Å². The molecule has 3 rings (SSSR count). The fourth-order valence-electron chi connectivity index (χ4n) is 2.15. The molecule has 0 aliphatic carbocycles. The SMILES string of the molecule is CC[C@@H]1CN(c2ncnc3nc[nH]c23)CCO1. The Balaban J connectivity index is 1.94. The molecule has 0 unspecified atom stereocenters. The van der Waals surface area contributed by atoms with Crippen LogP contribution in [0.5, 0.6) is 0 Å². The average molecular weight is 233 g/mol. The Hall–Kier alpha value is -1.69. The quantitative estimate of drug-likeness (QED) is 0.837. The Morgan fingerprint density at radius 3 is 3.29 bits per heavy atom. The van der Waals surface area contributed by atoms with E-state index in [0.29, 0.717) is 0 Å². The summed E-state index contributed by atoms with van der Waals surface area (Å²) in [6, 6.07) is 0. The first-order chi connectivity index (χ1) is 8.38. The summed E-state index contributed by atoms with van der Waals surface area (Å²) in [6.45, 7) is 4.63. The first-order valence-corrected chi connectivity index (χ1v) is 5.89. The van der Waals surface area contributed by atoms with Crippen molar-refractivity contribution in [1.82, 2.24) is 19.9 Å². The Bertz CT molecular complexity index is 511. The van der Waals surface area contributed by atoms with Gasteiger partial charge in [0, 0.05) is 13.1 Å². The molecule has 1 saturated heterocycles. The minimum Gasteiger partial charge on any atom is -0.375 e. The molecule has 6 heteroatoms. The highest BCUT2D eigenvalue weighted by Gasteiger charge is 2.22. The third kappa shape index (κ3) is 1.84. The standard InChI is InChI=1S/C11H15N5O/c1-2-8-5-16(3-4-17-8)11-9-10(13-6-12-9)14-7-15-11/h6-8H,2-5H2,1H3,(H,12,13,14,15)/t8-/m1/s1. The molecular formula is C11H15N5O. The number of morpholine rings is 1. The van der Waals surface area contributed by atoms with E-state index in [1.54, 1.807) is 12.7 Å². The number of nitrogens with zero attached hydrogens (tertiary/aromatic N) is 4. The van der Waals surface area contributed by atoms with Crippen molar-refractivity contribution < 1.29 is 4.74 Å². The predicted octanol–water partition coefficient (Wildman–Crippen LogP) is 0.968. The predicted molar refractivity (Wildman–Crippen MR) is 63.9 cm³/mol. The lowest BCUT2D eigenvalue weighted by Crippen LogP contribution is -2.42. The molecule has 1 atom stereocenters. The van der Waals surface area contributed by atoms with Crippen molar-refractivity contribution in [1.29, 1.82) is 0 Å². The summed E-state index contributed by atoms with van der Waals surface area (Å²) in [6.07, 6.45) is 4.53. The van der Waals surface area contributed by atoms with Gasteiger partial charge in [-0.2, -0.15) is 0 Å². The fourth-order valence-corrected chi connectivity index (χ4v) is 2.15. The van der Waals surface area contributed by atoms with E-state index in [2.05, 4.69) is 31.8 Å². The second kappa shape index (κ2) is 4.29. The number of imidazole rings is 1. The maximum atomic E-state index is 5.66. The van der Waals surface area contributed by atoms with E-state index in [1.165, 1.54) is 0 Å². The minimum absolute atomic E-state index is 0.289. The third-order valence-corrected chi connectivity index (χ3v) is 3.10. The molecule has 90 valence electrons. The lowest BCUT2D eigenvalue weighted by Gasteiger charge is -2.33. The van der Waals surface area contributed by atoms with Crippen molar-refractivity contribution >= 4 is 17.0 Å². The van der Waals surface area contributed by atoms with Crippen LogP contribution in [0.3, 0.4) is 0 Å². The molecule has 0 aromatic carbocycles. The molecule has 2 aromatic heterocycles. The molecular weight excluding hydrogens is 218 g/mol. The van der Waals surface area contributed by atoms with Gasteiger partial charge in [-0.15, -0.1) is 0 Å². The summed E-state index contributed by atoms with van der Waals surface area (Å²) in [5, 5.41) is 0. The molecule has 6 nitrogen and oxygen atoms in total. The number of H-pyrrole nitrogens is 1. The summed E-state index contributed by atoms with van der Waals surface area (Å²) >= 11 is 0. The van der Waals surface area contributed by atoms with Gasteiger partial charge in [-0.3, -0.25) is 0 Å². The highest BCUT2D eigenvalue weighted by atomic mass is 16.5. The Labute approximate surface area is 99.0 Å². The van der Waals surface area contributed by atoms with Crippen molar-refractivity contribution in [2.45, 2.75) is 19.4 Å². The molecule has 17 heavy (non-hydrogen) atoms. The molecule has 1 N–H and O–H groups in total. The van der Waals surface area contributed by atoms with Crippen LogP contribution in [0.1, 0.15) is 13.3 Å². The normalized spacial score (nSPS) is 21.0. The van der Waals surface area contributed by atoms with Crippen LogP contribution in [0, 0.1) is 0 Å². The maximum Gasteiger partial charge on any atom is 0.182 e. The maximum absolute atomic E-state index is 5.66. The number of nitrogens with one attached hydrogen (secondary N) is 1. The van der Waals surface area contributed by atoms with Crippen LogP contribution in [-0.2, 0) is 4.74 Å². The lowest BCUT2D eigenvalue weighted by molar-refractivity contribution is 0.0382. The molecule has 1 aliphatic heterocycles. The molecule has 0 bridgehead atoms. The molecule has 0 amide bonds. The van der Waals surface area contributed by atoms with Gasteiger partial charge in [0.15, 0.2) is 11.5 Å². The van der Waals surface area contributed by atoms with E-state index in [1.807, 2.05) is 0 Å². The van der Waals surface area contributed by atoms with E-state index < -0.39 is 0 Å². The number of hydrogen-bond donors (Lipinski definition) is 1. The second-order valence-electron chi connectivity index (χ2n) is 4.15. The number of fused-ring (bicyclic) bond motifs is 1. The monoisotopic (exact) mass is 233 g/mol. The van der Waals surface area contributed by atoms with Crippen LogP contribution in [0.2, 0.25) is 0 Å². The van der Waals surface area contributed by atoms with Crippen LogP contribution in [-0.4, -0.2) is 45.7 Å². The summed E-state index contributed by atoms with van der Waals surface area (Å²) in [5.74, 6) is 0.925. The zero-order valence-corrected chi connectivity index (χ0v) is 9.76. The molecule has 1 fully saturated rings. The van der Waals surface area contributed by atoms with Crippen LogP contribution in [0.15, 0.2) is 12.7 Å². The Morgan fingerprint density at radius 1 is 1.47 bits per heavy atom. The van der Waals surface area contributed by atoms with Gasteiger partial charge >= 0.3 is 0 Å². The van der Waals surface area contributed by atoms with Crippen LogP contribution >= 0.6 is 0 Å². The number of aromatic nitrogens is 4. The smallest absolute Gasteiger partial charge is 0.182 e. The molecule has 1 aliphatic rings. The first-order valence-electron chi connectivity index (χ1n) is 5.89. The largest absolute Gasteiger partial charge is 0.375 e. The molecule has 0 spiro atoms. The number of rotatable bonds is 2. The average Bonchev–Trinajstić information content (AvgIpc) is 2.87. The van der Waals surface area contributed by atoms with E-state index in [9.17, 15) is 0 Å². The fraction of sp³-hybridized carbons (Fsp3) is 0.545. The van der Waals surface area contributed by atoms with Crippen LogP contribution in [0.25, 0.3) is 11.2 Å². The van der Waals surface area contributed by atoms with Gasteiger partial charge in [0.05, 0.1) is 19.0 Å². The topological polar surface area (TPSA) is 66.9 Å². The number of aromatic amines is 1. The zero-order valence-electron chi connectivity index (χ0n) is 9.76. The second-order valence-corrected chi connectivity index (χ2v) is 4.15. The van der Waals surface area contributed by atoms with Gasteiger partial charge in [0.1, 0.15) is 11.8 Å². The zero-order chi connectivity index (χ0) is 11.7. The number of hydrogen-bond acceptors (Lipinski definition) is 5. The summed E-state index contributed by atoms with van der Waals surface area (Å²) < 4.78 is 5.66. The van der Waals surface area contributed by atoms with Crippen molar-refractivity contribution in [2.75, 3.05) is 24.6 Å². The highest BCUT2D eigenvalue weighted by Crippen LogP contribution is 2.22. The van der Waals surface area contributed by atoms with Gasteiger partial charge in [-0.05, 0) is 6.42 Å². The molecule has 0 radical (unpaired) electrons. The molecule has 2 aromatic rings.